The first kappa shape index (κ1) is 12.2. The number of aliphatic hydroxyl groups is 1. The van der Waals surface area contributed by atoms with Crippen LogP contribution in [0.4, 0.5) is 0 Å². The van der Waals surface area contributed by atoms with Crippen molar-refractivity contribution in [1.29, 1.82) is 0 Å². The second-order valence-corrected chi connectivity index (χ2v) is 5.76. The van der Waals surface area contributed by atoms with E-state index >= 15 is 0 Å². The van der Waals surface area contributed by atoms with E-state index in [1.807, 2.05) is 0 Å². The highest BCUT2D eigenvalue weighted by Crippen LogP contribution is 2.44. The van der Waals surface area contributed by atoms with Crippen molar-refractivity contribution >= 4 is 0 Å². The zero-order chi connectivity index (χ0) is 12.4. The summed E-state index contributed by atoms with van der Waals surface area (Å²) in [6, 6.07) is 9.11. The summed E-state index contributed by atoms with van der Waals surface area (Å²) in [5.74, 6) is 0. The van der Waals surface area contributed by atoms with Crippen molar-refractivity contribution in [2.45, 2.75) is 31.8 Å². The fraction of sp³-hybridized carbons (Fsp3) is 0.600. The molecule has 2 aliphatic rings. The molecule has 98 valence electrons. The molecule has 0 amide bonds. The van der Waals surface area contributed by atoms with Crippen molar-refractivity contribution in [2.75, 3.05) is 19.7 Å². The van der Waals surface area contributed by atoms with Crippen LogP contribution in [-0.2, 0) is 6.54 Å². The van der Waals surface area contributed by atoms with E-state index < -0.39 is 0 Å². The van der Waals surface area contributed by atoms with Gasteiger partial charge in [-0.1, -0.05) is 24.3 Å². The Kier molecular flexibility index (Phi) is 3.37. The maximum atomic E-state index is 9.38. The molecule has 1 saturated carbocycles. The average Bonchev–Trinajstić information content (AvgIpc) is 3.21. The van der Waals surface area contributed by atoms with Gasteiger partial charge in [0.15, 0.2) is 0 Å². The topological polar surface area (TPSA) is 44.3 Å². The molecule has 1 atom stereocenters. The van der Waals surface area contributed by atoms with Gasteiger partial charge < -0.3 is 15.7 Å². The molecular formula is C15H22N2O. The Morgan fingerprint density at radius 2 is 2.17 bits per heavy atom. The molecule has 1 aromatic rings. The molecule has 1 aliphatic heterocycles. The SMILES string of the molecule is OCC1(CNC2CCNCc3ccccc32)CC1. The van der Waals surface area contributed by atoms with Gasteiger partial charge in [0.25, 0.3) is 0 Å². The van der Waals surface area contributed by atoms with Crippen LogP contribution in [0.25, 0.3) is 0 Å². The molecule has 1 fully saturated rings. The Morgan fingerprint density at radius 1 is 1.33 bits per heavy atom. The summed E-state index contributed by atoms with van der Waals surface area (Å²) < 4.78 is 0. The normalized spacial score (nSPS) is 25.3. The zero-order valence-corrected chi connectivity index (χ0v) is 10.8. The second kappa shape index (κ2) is 5.00. The van der Waals surface area contributed by atoms with Crippen LogP contribution in [0.3, 0.4) is 0 Å². The highest BCUT2D eigenvalue weighted by Gasteiger charge is 2.42. The van der Waals surface area contributed by atoms with E-state index in [1.54, 1.807) is 0 Å². The third kappa shape index (κ3) is 2.44. The van der Waals surface area contributed by atoms with E-state index in [4.69, 9.17) is 0 Å². The third-order valence-corrected chi connectivity index (χ3v) is 4.37. The van der Waals surface area contributed by atoms with Crippen molar-refractivity contribution in [2.24, 2.45) is 5.41 Å². The Labute approximate surface area is 109 Å². The predicted molar refractivity (Wildman–Crippen MR) is 72.3 cm³/mol. The highest BCUT2D eigenvalue weighted by molar-refractivity contribution is 5.31. The number of fused-ring (bicyclic) bond motifs is 1. The van der Waals surface area contributed by atoms with Crippen molar-refractivity contribution in [3.63, 3.8) is 0 Å². The van der Waals surface area contributed by atoms with Crippen LogP contribution in [0.1, 0.15) is 36.4 Å². The summed E-state index contributed by atoms with van der Waals surface area (Å²) in [6.45, 7) is 3.30. The van der Waals surface area contributed by atoms with E-state index in [0.29, 0.717) is 12.6 Å². The van der Waals surface area contributed by atoms with E-state index in [1.165, 1.54) is 24.0 Å². The minimum atomic E-state index is 0.189. The summed E-state index contributed by atoms with van der Waals surface area (Å²) in [4.78, 5) is 0. The van der Waals surface area contributed by atoms with Gasteiger partial charge in [0, 0.05) is 31.2 Å². The molecule has 3 N–H and O–H groups in total. The molecule has 18 heavy (non-hydrogen) atoms. The molecule has 0 radical (unpaired) electrons. The van der Waals surface area contributed by atoms with Crippen LogP contribution in [-0.4, -0.2) is 24.8 Å². The smallest absolute Gasteiger partial charge is 0.0499 e. The van der Waals surface area contributed by atoms with Crippen molar-refractivity contribution < 1.29 is 5.11 Å². The molecule has 1 heterocycles. The first-order valence-electron chi connectivity index (χ1n) is 6.96. The molecule has 0 spiro atoms. The summed E-state index contributed by atoms with van der Waals surface area (Å²) in [5, 5.41) is 16.5. The minimum absolute atomic E-state index is 0.189. The van der Waals surface area contributed by atoms with Crippen molar-refractivity contribution in [3.05, 3.63) is 35.4 Å². The number of aliphatic hydroxyl groups excluding tert-OH is 1. The highest BCUT2D eigenvalue weighted by atomic mass is 16.3. The minimum Gasteiger partial charge on any atom is -0.396 e. The lowest BCUT2D eigenvalue weighted by atomic mass is 9.98. The summed E-state index contributed by atoms with van der Waals surface area (Å²) >= 11 is 0. The fourth-order valence-electron chi connectivity index (χ4n) is 2.78. The molecule has 1 aliphatic carbocycles. The van der Waals surface area contributed by atoms with Crippen LogP contribution < -0.4 is 10.6 Å². The van der Waals surface area contributed by atoms with E-state index in [0.717, 1.165) is 26.1 Å². The van der Waals surface area contributed by atoms with Crippen molar-refractivity contribution in [3.8, 4) is 0 Å². The molecular weight excluding hydrogens is 224 g/mol. The molecule has 3 heteroatoms. The van der Waals surface area contributed by atoms with Crippen LogP contribution >= 0.6 is 0 Å². The van der Waals surface area contributed by atoms with Crippen LogP contribution in [0, 0.1) is 5.41 Å². The lowest BCUT2D eigenvalue weighted by Crippen LogP contribution is -2.31. The summed E-state index contributed by atoms with van der Waals surface area (Å²) in [5.41, 5.74) is 3.02. The average molecular weight is 246 g/mol. The van der Waals surface area contributed by atoms with Crippen LogP contribution in [0.2, 0.25) is 0 Å². The number of nitrogens with one attached hydrogen (secondary N) is 2. The predicted octanol–water partition coefficient (Wildman–Crippen LogP) is 1.58. The molecule has 3 rings (SSSR count). The standard InChI is InChI=1S/C15H22N2O/c18-11-15(6-7-15)10-17-14-5-8-16-9-12-3-1-2-4-13(12)14/h1-4,14,16-18H,5-11H2. The van der Waals surface area contributed by atoms with Gasteiger partial charge in [-0.3, -0.25) is 0 Å². The number of benzene rings is 1. The van der Waals surface area contributed by atoms with Gasteiger partial charge in [0.1, 0.15) is 0 Å². The summed E-state index contributed by atoms with van der Waals surface area (Å²) in [6.07, 6.45) is 3.46. The Morgan fingerprint density at radius 3 is 2.94 bits per heavy atom. The van der Waals surface area contributed by atoms with Crippen LogP contribution in [0.5, 0.6) is 0 Å². The third-order valence-electron chi connectivity index (χ3n) is 4.37. The van der Waals surface area contributed by atoms with Crippen molar-refractivity contribution in [1.82, 2.24) is 10.6 Å². The molecule has 0 bridgehead atoms. The molecule has 0 aromatic heterocycles. The van der Waals surface area contributed by atoms with Gasteiger partial charge in [0.05, 0.1) is 0 Å². The first-order valence-corrected chi connectivity index (χ1v) is 6.96. The zero-order valence-electron chi connectivity index (χ0n) is 10.8. The maximum absolute atomic E-state index is 9.38. The molecule has 1 unspecified atom stereocenters. The van der Waals surface area contributed by atoms with Gasteiger partial charge in [-0.25, -0.2) is 0 Å². The Balaban J connectivity index is 1.71. The Hall–Kier alpha value is -0.900. The van der Waals surface area contributed by atoms with Gasteiger partial charge in [0.2, 0.25) is 0 Å². The van der Waals surface area contributed by atoms with E-state index in [2.05, 4.69) is 34.9 Å². The maximum Gasteiger partial charge on any atom is 0.0499 e. The number of hydrogen-bond donors (Lipinski definition) is 3. The van der Waals surface area contributed by atoms with Gasteiger partial charge in [-0.2, -0.15) is 0 Å². The number of rotatable bonds is 4. The first-order chi connectivity index (χ1) is 8.83. The summed E-state index contributed by atoms with van der Waals surface area (Å²) in [7, 11) is 0. The van der Waals surface area contributed by atoms with E-state index in [-0.39, 0.29) is 5.41 Å². The fourth-order valence-corrected chi connectivity index (χ4v) is 2.78. The largest absolute Gasteiger partial charge is 0.396 e. The second-order valence-electron chi connectivity index (χ2n) is 5.76. The monoisotopic (exact) mass is 246 g/mol. The molecule has 1 aromatic carbocycles. The van der Waals surface area contributed by atoms with Gasteiger partial charge >= 0.3 is 0 Å². The van der Waals surface area contributed by atoms with Gasteiger partial charge in [-0.15, -0.1) is 0 Å². The lowest BCUT2D eigenvalue weighted by molar-refractivity contribution is 0.203. The molecule has 0 saturated heterocycles. The molecule has 3 nitrogen and oxygen atoms in total. The van der Waals surface area contributed by atoms with E-state index in [9.17, 15) is 5.11 Å². The quantitative estimate of drug-likeness (QED) is 0.756. The Bertz CT molecular complexity index is 415. The van der Waals surface area contributed by atoms with Crippen LogP contribution in [0.15, 0.2) is 24.3 Å². The lowest BCUT2D eigenvalue weighted by Gasteiger charge is -2.22. The number of hydrogen-bond acceptors (Lipinski definition) is 3. The van der Waals surface area contributed by atoms with Gasteiger partial charge in [-0.05, 0) is 36.9 Å².